The number of hydrogen-bond acceptors (Lipinski definition) is 5. The van der Waals surface area contributed by atoms with Gasteiger partial charge in [-0.1, -0.05) is 41.4 Å². The summed E-state index contributed by atoms with van der Waals surface area (Å²) in [5.41, 5.74) is 4.88. The van der Waals surface area contributed by atoms with Crippen LogP contribution in [0.2, 0.25) is 10.0 Å². The van der Waals surface area contributed by atoms with Crippen LogP contribution in [0.25, 0.3) is 15.9 Å². The van der Waals surface area contributed by atoms with Crippen molar-refractivity contribution < 1.29 is 9.53 Å². The number of benzene rings is 2. The van der Waals surface area contributed by atoms with Gasteiger partial charge in [0.15, 0.2) is 0 Å². The molecule has 1 amide bonds. The van der Waals surface area contributed by atoms with E-state index in [1.165, 1.54) is 24.7 Å². The largest absolute Gasteiger partial charge is 0.495 e. The Bertz CT molecular complexity index is 1270. The minimum Gasteiger partial charge on any atom is -0.495 e. The van der Waals surface area contributed by atoms with Crippen LogP contribution in [0.4, 0.5) is 0 Å². The number of ether oxygens (including phenoxy) is 1. The Morgan fingerprint density at radius 1 is 1.23 bits per heavy atom. The monoisotopic (exact) mass is 458 g/mol. The molecule has 6 nitrogen and oxygen atoms in total. The van der Waals surface area contributed by atoms with Crippen LogP contribution in [0.15, 0.2) is 53.6 Å². The van der Waals surface area contributed by atoms with Gasteiger partial charge in [0.05, 0.1) is 34.6 Å². The Balaban J connectivity index is 1.58. The lowest BCUT2D eigenvalue weighted by molar-refractivity contribution is 0.0959. The van der Waals surface area contributed by atoms with Gasteiger partial charge >= 0.3 is 0 Å². The Labute approximate surface area is 186 Å². The summed E-state index contributed by atoms with van der Waals surface area (Å²) in [5.74, 6) is 0.109. The first-order valence-electron chi connectivity index (χ1n) is 8.89. The molecule has 2 heterocycles. The van der Waals surface area contributed by atoms with Crippen molar-refractivity contribution >= 4 is 56.9 Å². The number of amides is 1. The van der Waals surface area contributed by atoms with Crippen LogP contribution < -0.4 is 10.2 Å². The number of methoxy groups -OCH3 is 1. The molecule has 0 aliphatic carbocycles. The highest BCUT2D eigenvalue weighted by molar-refractivity contribution is 7.20. The van der Waals surface area contributed by atoms with E-state index in [-0.39, 0.29) is 5.91 Å². The van der Waals surface area contributed by atoms with Crippen LogP contribution in [-0.4, -0.2) is 29.0 Å². The van der Waals surface area contributed by atoms with Crippen LogP contribution in [0.5, 0.6) is 5.75 Å². The van der Waals surface area contributed by atoms with Crippen molar-refractivity contribution in [2.75, 3.05) is 7.11 Å². The lowest BCUT2D eigenvalue weighted by Crippen LogP contribution is -2.16. The molecule has 0 spiro atoms. The summed E-state index contributed by atoms with van der Waals surface area (Å²) in [7, 11) is 1.50. The molecule has 0 fully saturated rings. The number of hydrazone groups is 1. The van der Waals surface area contributed by atoms with Gasteiger partial charge in [-0.05, 0) is 37.3 Å². The fourth-order valence-corrected chi connectivity index (χ4v) is 4.67. The Hall–Kier alpha value is -2.87. The van der Waals surface area contributed by atoms with E-state index in [2.05, 4.69) is 15.6 Å². The van der Waals surface area contributed by atoms with E-state index in [4.69, 9.17) is 27.9 Å². The van der Waals surface area contributed by atoms with Crippen molar-refractivity contribution in [3.63, 3.8) is 0 Å². The molecule has 0 radical (unpaired) electrons. The average Bonchev–Trinajstić information content (AvgIpc) is 3.29. The Kier molecular flexibility index (Phi) is 5.76. The number of aromatic nitrogens is 2. The van der Waals surface area contributed by atoms with Crippen LogP contribution in [0.1, 0.15) is 20.9 Å². The first-order chi connectivity index (χ1) is 14.5. The fourth-order valence-electron chi connectivity index (χ4n) is 3.01. The first-order valence-corrected chi connectivity index (χ1v) is 10.5. The zero-order valence-electron chi connectivity index (χ0n) is 16.0. The molecule has 0 unspecified atom stereocenters. The molecule has 1 N–H and O–H groups in total. The van der Waals surface area contributed by atoms with Gasteiger partial charge in [0.25, 0.3) is 5.91 Å². The smallest absolute Gasteiger partial charge is 0.281 e. The molecule has 4 aromatic rings. The SMILES string of the molecule is COc1c(Cl)cc(Cl)cc1C=NNC(=O)c1cc2c(C)nn(-c3ccccc3)c2s1. The number of aryl methyl sites for hydroxylation is 1. The van der Waals surface area contributed by atoms with Gasteiger partial charge < -0.3 is 4.74 Å². The fraction of sp³-hybridized carbons (Fsp3) is 0.0952. The number of thiophene rings is 1. The number of hydrogen-bond donors (Lipinski definition) is 1. The van der Waals surface area contributed by atoms with Crippen molar-refractivity contribution in [2.45, 2.75) is 6.92 Å². The van der Waals surface area contributed by atoms with Gasteiger partial charge in [0.1, 0.15) is 10.6 Å². The normalized spacial score (nSPS) is 11.3. The molecule has 4 rings (SSSR count). The lowest BCUT2D eigenvalue weighted by Gasteiger charge is -2.07. The van der Waals surface area contributed by atoms with Crippen molar-refractivity contribution in [3.8, 4) is 11.4 Å². The molecule has 0 atom stereocenters. The molecule has 152 valence electrons. The minimum atomic E-state index is -0.321. The van der Waals surface area contributed by atoms with Gasteiger partial charge in [-0.3, -0.25) is 4.79 Å². The maximum atomic E-state index is 12.6. The van der Waals surface area contributed by atoms with Gasteiger partial charge in [-0.15, -0.1) is 11.3 Å². The molecular formula is C21H16Cl2N4O2S. The molecule has 0 bridgehead atoms. The summed E-state index contributed by atoms with van der Waals surface area (Å²) in [6.07, 6.45) is 1.44. The average molecular weight is 459 g/mol. The molecule has 0 saturated heterocycles. The maximum Gasteiger partial charge on any atom is 0.281 e. The Morgan fingerprint density at radius 3 is 2.73 bits per heavy atom. The third-order valence-electron chi connectivity index (χ3n) is 4.38. The van der Waals surface area contributed by atoms with Gasteiger partial charge in [-0.25, -0.2) is 10.1 Å². The summed E-state index contributed by atoms with van der Waals surface area (Å²) in [4.78, 5) is 14.1. The number of nitrogens with zero attached hydrogens (tertiary/aromatic N) is 3. The summed E-state index contributed by atoms with van der Waals surface area (Å²) in [5, 5.41) is 10.4. The van der Waals surface area contributed by atoms with E-state index < -0.39 is 0 Å². The second-order valence-electron chi connectivity index (χ2n) is 6.37. The molecule has 0 aliphatic heterocycles. The van der Waals surface area contributed by atoms with E-state index in [1.807, 2.05) is 48.0 Å². The third kappa shape index (κ3) is 3.92. The summed E-state index contributed by atoms with van der Waals surface area (Å²) in [6.45, 7) is 1.92. The molecule has 30 heavy (non-hydrogen) atoms. The second-order valence-corrected chi connectivity index (χ2v) is 8.25. The quantitative estimate of drug-likeness (QED) is 0.318. The topological polar surface area (TPSA) is 68.5 Å². The number of fused-ring (bicyclic) bond motifs is 1. The van der Waals surface area contributed by atoms with Gasteiger partial charge in [0.2, 0.25) is 0 Å². The highest BCUT2D eigenvalue weighted by Crippen LogP contribution is 2.32. The standard InChI is InChI=1S/C21H16Cl2N4O2S/c1-12-16-10-18(30-21(16)27(26-12)15-6-4-3-5-7-15)20(28)25-24-11-13-8-14(22)9-17(23)19(13)29-2/h3-11H,1-2H3,(H,25,28). The van der Waals surface area contributed by atoms with Crippen molar-refractivity contribution in [3.05, 3.63) is 74.7 Å². The van der Waals surface area contributed by atoms with Crippen LogP contribution in [-0.2, 0) is 0 Å². The number of rotatable bonds is 5. The Morgan fingerprint density at radius 2 is 2.00 bits per heavy atom. The predicted molar refractivity (Wildman–Crippen MR) is 122 cm³/mol. The number of halogens is 2. The third-order valence-corrected chi connectivity index (χ3v) is 5.99. The summed E-state index contributed by atoms with van der Waals surface area (Å²) >= 11 is 13.5. The number of nitrogens with one attached hydrogen (secondary N) is 1. The van der Waals surface area contributed by atoms with E-state index in [0.717, 1.165) is 21.6 Å². The van der Waals surface area contributed by atoms with Crippen molar-refractivity contribution in [2.24, 2.45) is 5.10 Å². The highest BCUT2D eigenvalue weighted by atomic mass is 35.5. The molecule has 9 heteroatoms. The van der Waals surface area contributed by atoms with E-state index in [9.17, 15) is 4.79 Å². The van der Waals surface area contributed by atoms with E-state index in [0.29, 0.717) is 26.2 Å². The van der Waals surface area contributed by atoms with E-state index in [1.54, 1.807) is 12.1 Å². The van der Waals surface area contributed by atoms with Gasteiger partial charge in [0, 0.05) is 16.0 Å². The summed E-state index contributed by atoms with van der Waals surface area (Å²) in [6, 6.07) is 14.8. The molecule has 0 saturated carbocycles. The predicted octanol–water partition coefficient (Wildman–Crippen LogP) is 5.47. The molecular weight excluding hydrogens is 443 g/mol. The van der Waals surface area contributed by atoms with Crippen LogP contribution in [0.3, 0.4) is 0 Å². The van der Waals surface area contributed by atoms with Crippen molar-refractivity contribution in [1.29, 1.82) is 0 Å². The summed E-state index contributed by atoms with van der Waals surface area (Å²) < 4.78 is 7.11. The van der Waals surface area contributed by atoms with Gasteiger partial charge in [-0.2, -0.15) is 10.2 Å². The van der Waals surface area contributed by atoms with Crippen molar-refractivity contribution in [1.82, 2.24) is 15.2 Å². The number of para-hydroxylation sites is 1. The maximum absolute atomic E-state index is 12.6. The highest BCUT2D eigenvalue weighted by Gasteiger charge is 2.17. The molecule has 0 aliphatic rings. The van der Waals surface area contributed by atoms with Crippen LogP contribution >= 0.6 is 34.5 Å². The number of carbonyl (C=O) groups excluding carboxylic acids is 1. The zero-order chi connectivity index (χ0) is 21.3. The molecule has 2 aromatic carbocycles. The molecule has 2 aromatic heterocycles. The van der Waals surface area contributed by atoms with E-state index >= 15 is 0 Å². The lowest BCUT2D eigenvalue weighted by atomic mass is 10.2. The first kappa shape index (κ1) is 20.4. The zero-order valence-corrected chi connectivity index (χ0v) is 18.3. The minimum absolute atomic E-state index is 0.321. The second kappa shape index (κ2) is 8.47. The number of carbonyl (C=O) groups is 1. The van der Waals surface area contributed by atoms with Crippen LogP contribution in [0, 0.1) is 6.92 Å².